The molecule has 1 heterocycles. The summed E-state index contributed by atoms with van der Waals surface area (Å²) in [5.74, 6) is 1.89. The Morgan fingerprint density at radius 1 is 1.17 bits per heavy atom. The molecule has 0 atom stereocenters. The SMILES string of the molecule is CN=C(NCCCC1CCCCC1)NCc1ccc(N2CCNC(=O)C2)cc1.I. The minimum atomic E-state index is 0. The first-order valence-electron chi connectivity index (χ1n) is 10.8. The average Bonchev–Trinajstić information content (AvgIpc) is 2.74. The third kappa shape index (κ3) is 8.03. The number of piperazine rings is 1. The monoisotopic (exact) mass is 513 g/mol. The van der Waals surface area contributed by atoms with Crippen LogP contribution in [0, 0.1) is 5.92 Å². The maximum absolute atomic E-state index is 11.5. The Kier molecular flexibility index (Phi) is 10.6. The van der Waals surface area contributed by atoms with Gasteiger partial charge in [-0.1, -0.05) is 44.2 Å². The molecule has 1 aromatic rings. The Balaban J connectivity index is 0.00000300. The predicted octanol–water partition coefficient (Wildman–Crippen LogP) is 3.27. The van der Waals surface area contributed by atoms with Crippen molar-refractivity contribution in [1.82, 2.24) is 16.0 Å². The van der Waals surface area contributed by atoms with Gasteiger partial charge < -0.3 is 20.9 Å². The van der Waals surface area contributed by atoms with E-state index >= 15 is 0 Å². The summed E-state index contributed by atoms with van der Waals surface area (Å²) in [6.07, 6.45) is 9.66. The minimum absolute atomic E-state index is 0. The second kappa shape index (κ2) is 12.9. The van der Waals surface area contributed by atoms with E-state index in [9.17, 15) is 4.79 Å². The van der Waals surface area contributed by atoms with Gasteiger partial charge >= 0.3 is 0 Å². The maximum atomic E-state index is 11.5. The maximum Gasteiger partial charge on any atom is 0.239 e. The lowest BCUT2D eigenvalue weighted by Gasteiger charge is -2.28. The molecule has 29 heavy (non-hydrogen) atoms. The van der Waals surface area contributed by atoms with Crippen LogP contribution < -0.4 is 20.9 Å². The number of hydrogen-bond donors (Lipinski definition) is 3. The number of carbonyl (C=O) groups excluding carboxylic acids is 1. The smallest absolute Gasteiger partial charge is 0.239 e. The molecule has 6 nitrogen and oxygen atoms in total. The number of amides is 1. The van der Waals surface area contributed by atoms with Crippen LogP contribution in [-0.4, -0.2) is 45.1 Å². The summed E-state index contributed by atoms with van der Waals surface area (Å²) in [5, 5.41) is 9.69. The molecule has 1 aliphatic heterocycles. The molecule has 0 spiro atoms. The van der Waals surface area contributed by atoms with E-state index < -0.39 is 0 Å². The van der Waals surface area contributed by atoms with Crippen LogP contribution in [0.5, 0.6) is 0 Å². The van der Waals surface area contributed by atoms with E-state index in [0.29, 0.717) is 13.1 Å². The zero-order valence-corrected chi connectivity index (χ0v) is 19.9. The number of anilines is 1. The molecule has 2 fully saturated rings. The van der Waals surface area contributed by atoms with Crippen LogP contribution in [0.1, 0.15) is 50.5 Å². The highest BCUT2D eigenvalue weighted by Gasteiger charge is 2.16. The van der Waals surface area contributed by atoms with Crippen LogP contribution >= 0.6 is 24.0 Å². The van der Waals surface area contributed by atoms with Crippen LogP contribution in [0.4, 0.5) is 5.69 Å². The van der Waals surface area contributed by atoms with Gasteiger partial charge in [-0.05, 0) is 36.5 Å². The number of aliphatic imine (C=N–C) groups is 1. The molecule has 1 amide bonds. The Morgan fingerprint density at radius 3 is 2.62 bits per heavy atom. The highest BCUT2D eigenvalue weighted by Crippen LogP contribution is 2.26. The molecule has 1 saturated carbocycles. The second-order valence-corrected chi connectivity index (χ2v) is 7.94. The van der Waals surface area contributed by atoms with Crippen LogP contribution in [0.25, 0.3) is 0 Å². The lowest BCUT2D eigenvalue weighted by Crippen LogP contribution is -2.47. The topological polar surface area (TPSA) is 68.8 Å². The Labute approximate surface area is 192 Å². The van der Waals surface area contributed by atoms with Gasteiger partial charge in [0.15, 0.2) is 5.96 Å². The number of hydrogen-bond acceptors (Lipinski definition) is 3. The molecule has 0 bridgehead atoms. The van der Waals surface area contributed by atoms with E-state index in [0.717, 1.165) is 37.2 Å². The van der Waals surface area contributed by atoms with Crippen LogP contribution in [-0.2, 0) is 11.3 Å². The molecule has 3 rings (SSSR count). The molecule has 1 aromatic carbocycles. The molecule has 0 radical (unpaired) electrons. The standard InChI is InChI=1S/C22H35N5O.HI/c1-23-22(25-13-5-8-18-6-3-2-4-7-18)26-16-19-9-11-20(12-10-19)27-15-14-24-21(28)17-27;/h9-12,18H,2-8,13-17H2,1H3,(H,24,28)(H2,23,25,26);1H. The first-order chi connectivity index (χ1) is 13.7. The number of nitrogens with zero attached hydrogens (tertiary/aromatic N) is 2. The zero-order valence-electron chi connectivity index (χ0n) is 17.6. The van der Waals surface area contributed by atoms with E-state index in [1.54, 1.807) is 0 Å². The highest BCUT2D eigenvalue weighted by atomic mass is 127. The largest absolute Gasteiger partial charge is 0.360 e. The summed E-state index contributed by atoms with van der Waals surface area (Å²) in [6.45, 7) is 3.73. The fraction of sp³-hybridized carbons (Fsp3) is 0.636. The molecule has 0 unspecified atom stereocenters. The predicted molar refractivity (Wildman–Crippen MR) is 131 cm³/mol. The Morgan fingerprint density at radius 2 is 1.93 bits per heavy atom. The van der Waals surface area contributed by atoms with E-state index in [1.807, 2.05) is 7.05 Å². The quantitative estimate of drug-likeness (QED) is 0.227. The van der Waals surface area contributed by atoms with E-state index in [4.69, 9.17) is 0 Å². The summed E-state index contributed by atoms with van der Waals surface area (Å²) in [7, 11) is 1.82. The van der Waals surface area contributed by atoms with Crippen molar-refractivity contribution >= 4 is 41.5 Å². The van der Waals surface area contributed by atoms with Crippen molar-refractivity contribution in [3.8, 4) is 0 Å². The van der Waals surface area contributed by atoms with Gasteiger partial charge in [-0.2, -0.15) is 0 Å². The third-order valence-electron chi connectivity index (χ3n) is 5.83. The highest BCUT2D eigenvalue weighted by molar-refractivity contribution is 14.0. The summed E-state index contributed by atoms with van der Waals surface area (Å²) in [4.78, 5) is 18.0. The van der Waals surface area contributed by atoms with E-state index in [-0.39, 0.29) is 29.9 Å². The lowest BCUT2D eigenvalue weighted by atomic mass is 9.86. The van der Waals surface area contributed by atoms with Crippen molar-refractivity contribution in [3.05, 3.63) is 29.8 Å². The molecular formula is C22H36IN5O. The minimum Gasteiger partial charge on any atom is -0.360 e. The van der Waals surface area contributed by atoms with E-state index in [2.05, 4.69) is 50.1 Å². The molecule has 2 aliphatic rings. The van der Waals surface area contributed by atoms with Crippen molar-refractivity contribution < 1.29 is 4.79 Å². The van der Waals surface area contributed by atoms with Crippen molar-refractivity contribution in [2.45, 2.75) is 51.5 Å². The van der Waals surface area contributed by atoms with Crippen LogP contribution in [0.2, 0.25) is 0 Å². The van der Waals surface area contributed by atoms with Crippen LogP contribution in [0.3, 0.4) is 0 Å². The summed E-state index contributed by atoms with van der Waals surface area (Å²) in [6, 6.07) is 8.42. The molecular weight excluding hydrogens is 477 g/mol. The summed E-state index contributed by atoms with van der Waals surface area (Å²) >= 11 is 0. The molecule has 1 saturated heterocycles. The fourth-order valence-corrected chi connectivity index (χ4v) is 4.16. The van der Waals surface area contributed by atoms with Crippen molar-refractivity contribution in [2.75, 3.05) is 38.1 Å². The van der Waals surface area contributed by atoms with Gasteiger partial charge in [-0.3, -0.25) is 9.79 Å². The van der Waals surface area contributed by atoms with Gasteiger partial charge in [-0.15, -0.1) is 24.0 Å². The second-order valence-electron chi connectivity index (χ2n) is 7.94. The fourth-order valence-electron chi connectivity index (χ4n) is 4.16. The first kappa shape index (κ1) is 23.8. The van der Waals surface area contributed by atoms with Crippen molar-refractivity contribution in [2.24, 2.45) is 10.9 Å². The molecule has 1 aliphatic carbocycles. The summed E-state index contributed by atoms with van der Waals surface area (Å²) < 4.78 is 0. The molecule has 162 valence electrons. The van der Waals surface area contributed by atoms with Gasteiger partial charge in [0.2, 0.25) is 5.91 Å². The summed E-state index contributed by atoms with van der Waals surface area (Å²) in [5.41, 5.74) is 2.30. The van der Waals surface area contributed by atoms with Gasteiger partial charge in [0, 0.05) is 38.9 Å². The normalized spacial score (nSPS) is 18.0. The number of rotatable bonds is 7. The van der Waals surface area contributed by atoms with Gasteiger partial charge in [-0.25, -0.2) is 0 Å². The third-order valence-corrected chi connectivity index (χ3v) is 5.83. The number of guanidine groups is 1. The van der Waals surface area contributed by atoms with Crippen LogP contribution in [0.15, 0.2) is 29.3 Å². The van der Waals surface area contributed by atoms with Gasteiger partial charge in [0.05, 0.1) is 6.54 Å². The Bertz CT molecular complexity index is 643. The number of carbonyl (C=O) groups is 1. The molecule has 0 aromatic heterocycles. The molecule has 7 heteroatoms. The molecule has 3 N–H and O–H groups in total. The van der Waals surface area contributed by atoms with Gasteiger partial charge in [0.1, 0.15) is 0 Å². The Hall–Kier alpha value is -1.51. The van der Waals surface area contributed by atoms with Crippen molar-refractivity contribution in [3.63, 3.8) is 0 Å². The van der Waals surface area contributed by atoms with Gasteiger partial charge in [0.25, 0.3) is 0 Å². The average molecular weight is 513 g/mol. The number of nitrogens with one attached hydrogen (secondary N) is 3. The zero-order chi connectivity index (χ0) is 19.6. The van der Waals surface area contributed by atoms with E-state index in [1.165, 1.54) is 50.5 Å². The number of benzene rings is 1. The lowest BCUT2D eigenvalue weighted by molar-refractivity contribution is -0.120. The number of halogens is 1. The van der Waals surface area contributed by atoms with Crippen molar-refractivity contribution in [1.29, 1.82) is 0 Å². The first-order valence-corrected chi connectivity index (χ1v) is 10.8.